The van der Waals surface area contributed by atoms with Crippen LogP contribution in [0.15, 0.2) is 12.3 Å². The molecule has 0 bridgehead atoms. The van der Waals surface area contributed by atoms with Crippen molar-refractivity contribution in [2.75, 3.05) is 6.54 Å². The van der Waals surface area contributed by atoms with Crippen LogP contribution in [0.1, 0.15) is 6.42 Å². The molecule has 3 nitrogen and oxygen atoms in total. The minimum absolute atomic E-state index is 0.508. The Morgan fingerprint density at radius 2 is 2.50 bits per heavy atom. The molecule has 0 saturated heterocycles. The third kappa shape index (κ3) is 1.49. The second-order valence-corrected chi connectivity index (χ2v) is 2.53. The van der Waals surface area contributed by atoms with Gasteiger partial charge in [0.25, 0.3) is 5.24 Å². The van der Waals surface area contributed by atoms with E-state index in [1.807, 2.05) is 6.08 Å². The molecular weight excluding hydrogens is 152 g/mol. The van der Waals surface area contributed by atoms with Crippen LogP contribution in [0.2, 0.25) is 0 Å². The Hall–Kier alpha value is -0.540. The third-order valence-electron chi connectivity index (χ3n) is 1.44. The number of halogens is 1. The van der Waals surface area contributed by atoms with E-state index < -0.39 is 11.4 Å². The molecule has 0 aromatic carbocycles. The van der Waals surface area contributed by atoms with Crippen molar-refractivity contribution in [1.82, 2.24) is 4.90 Å². The molecule has 0 saturated carbocycles. The highest BCUT2D eigenvalue weighted by Gasteiger charge is 2.18. The average Bonchev–Trinajstić information content (AvgIpc) is 2.36. The van der Waals surface area contributed by atoms with Crippen LogP contribution in [0.25, 0.3) is 0 Å². The van der Waals surface area contributed by atoms with Gasteiger partial charge in [0.2, 0.25) is 0 Å². The molecule has 4 heteroatoms. The van der Waals surface area contributed by atoms with Gasteiger partial charge < -0.3 is 10.6 Å². The van der Waals surface area contributed by atoms with Gasteiger partial charge in [-0.25, -0.2) is 0 Å². The summed E-state index contributed by atoms with van der Waals surface area (Å²) in [5.74, 6) is 0. The molecule has 1 rings (SSSR count). The van der Waals surface area contributed by atoms with Gasteiger partial charge in [0.05, 0.1) is 0 Å². The normalized spacial score (nSPS) is 19.6. The van der Waals surface area contributed by atoms with Gasteiger partial charge in [0.15, 0.2) is 6.17 Å². The highest BCUT2D eigenvalue weighted by molar-refractivity contribution is 6.64. The lowest BCUT2D eigenvalue weighted by atomic mass is 10.4. The number of carbonyl (C=O) groups excluding carboxylic acids is 1. The SMILES string of the molecule is NC(C(=O)Cl)N1C=CCC1. The number of rotatable bonds is 2. The Morgan fingerprint density at radius 1 is 1.80 bits per heavy atom. The molecule has 1 aliphatic heterocycles. The average molecular weight is 161 g/mol. The number of carbonyl (C=O) groups is 1. The number of nitrogens with zero attached hydrogens (tertiary/aromatic N) is 1. The lowest BCUT2D eigenvalue weighted by molar-refractivity contribution is -0.115. The molecule has 1 aliphatic rings. The van der Waals surface area contributed by atoms with E-state index in [1.165, 1.54) is 0 Å². The molecule has 0 amide bonds. The summed E-state index contributed by atoms with van der Waals surface area (Å²) in [6.45, 7) is 0.791. The monoisotopic (exact) mass is 160 g/mol. The van der Waals surface area contributed by atoms with Crippen molar-refractivity contribution in [1.29, 1.82) is 0 Å². The highest BCUT2D eigenvalue weighted by atomic mass is 35.5. The zero-order valence-electron chi connectivity index (χ0n) is 5.46. The van der Waals surface area contributed by atoms with E-state index in [0.29, 0.717) is 0 Å². The van der Waals surface area contributed by atoms with E-state index in [0.717, 1.165) is 13.0 Å². The van der Waals surface area contributed by atoms with Crippen LogP contribution in [-0.4, -0.2) is 22.9 Å². The van der Waals surface area contributed by atoms with Crippen molar-refractivity contribution >= 4 is 16.8 Å². The molecule has 0 spiro atoms. The van der Waals surface area contributed by atoms with Crippen molar-refractivity contribution in [3.8, 4) is 0 Å². The van der Waals surface area contributed by atoms with E-state index in [4.69, 9.17) is 17.3 Å². The molecule has 2 N–H and O–H groups in total. The third-order valence-corrected chi connectivity index (χ3v) is 1.66. The summed E-state index contributed by atoms with van der Waals surface area (Å²) >= 11 is 5.17. The van der Waals surface area contributed by atoms with Crippen molar-refractivity contribution in [2.24, 2.45) is 5.73 Å². The quantitative estimate of drug-likeness (QED) is 0.590. The van der Waals surface area contributed by atoms with Gasteiger partial charge in [-0.1, -0.05) is 6.08 Å². The van der Waals surface area contributed by atoms with Crippen LogP contribution in [0.5, 0.6) is 0 Å². The molecule has 0 aliphatic carbocycles. The molecule has 1 atom stereocenters. The zero-order valence-corrected chi connectivity index (χ0v) is 6.21. The molecule has 0 aromatic heterocycles. The minimum Gasteiger partial charge on any atom is -0.355 e. The first kappa shape index (κ1) is 7.57. The maximum atomic E-state index is 10.5. The summed E-state index contributed by atoms with van der Waals surface area (Å²) in [7, 11) is 0. The predicted molar refractivity (Wildman–Crippen MR) is 39.3 cm³/mol. The Balaban J connectivity index is 2.48. The van der Waals surface area contributed by atoms with Crippen molar-refractivity contribution < 1.29 is 4.79 Å². The standard InChI is InChI=1S/C6H9ClN2O/c7-5(10)6(8)9-3-1-2-4-9/h1,3,6H,2,4,8H2. The van der Waals surface area contributed by atoms with Gasteiger partial charge in [-0.2, -0.15) is 0 Å². The second kappa shape index (κ2) is 3.03. The number of hydrogen-bond acceptors (Lipinski definition) is 3. The van der Waals surface area contributed by atoms with Crippen LogP contribution >= 0.6 is 11.6 Å². The maximum Gasteiger partial charge on any atom is 0.258 e. The molecular formula is C6H9ClN2O. The summed E-state index contributed by atoms with van der Waals surface area (Å²) in [6.07, 6.45) is 4.03. The van der Waals surface area contributed by atoms with Crippen LogP contribution in [-0.2, 0) is 4.79 Å². The molecule has 1 heterocycles. The summed E-state index contributed by atoms with van der Waals surface area (Å²) in [4.78, 5) is 12.2. The summed E-state index contributed by atoms with van der Waals surface area (Å²) in [5.41, 5.74) is 5.41. The number of nitrogens with two attached hydrogens (primary N) is 1. The zero-order chi connectivity index (χ0) is 7.56. The van der Waals surface area contributed by atoms with Crippen LogP contribution < -0.4 is 5.73 Å². The first-order valence-electron chi connectivity index (χ1n) is 3.09. The first-order valence-corrected chi connectivity index (χ1v) is 3.47. The molecule has 56 valence electrons. The van der Waals surface area contributed by atoms with Gasteiger partial charge in [0, 0.05) is 6.54 Å². The van der Waals surface area contributed by atoms with Gasteiger partial charge >= 0.3 is 0 Å². The fourth-order valence-corrected chi connectivity index (χ4v) is 0.996. The molecule has 0 aromatic rings. The first-order chi connectivity index (χ1) is 4.72. The molecule has 10 heavy (non-hydrogen) atoms. The predicted octanol–water partition coefficient (Wildman–Crippen LogP) is 0.256. The van der Waals surface area contributed by atoms with E-state index in [2.05, 4.69) is 0 Å². The minimum atomic E-state index is -0.666. The Bertz CT molecular complexity index is 169. The van der Waals surface area contributed by atoms with E-state index in [1.54, 1.807) is 11.1 Å². The summed E-state index contributed by atoms with van der Waals surface area (Å²) < 4.78 is 0. The summed E-state index contributed by atoms with van der Waals surface area (Å²) in [5, 5.41) is -0.508. The number of hydrogen-bond donors (Lipinski definition) is 1. The van der Waals surface area contributed by atoms with Crippen LogP contribution in [0.4, 0.5) is 0 Å². The van der Waals surface area contributed by atoms with Gasteiger partial charge in [0.1, 0.15) is 0 Å². The topological polar surface area (TPSA) is 46.3 Å². The Labute approximate surface area is 64.4 Å². The molecule has 0 radical (unpaired) electrons. The fraction of sp³-hybridized carbons (Fsp3) is 0.500. The highest BCUT2D eigenvalue weighted by Crippen LogP contribution is 2.07. The maximum absolute atomic E-state index is 10.5. The molecule has 1 unspecified atom stereocenters. The second-order valence-electron chi connectivity index (χ2n) is 2.16. The van der Waals surface area contributed by atoms with Gasteiger partial charge in [-0.3, -0.25) is 4.79 Å². The Kier molecular flexibility index (Phi) is 2.29. The van der Waals surface area contributed by atoms with Crippen LogP contribution in [0, 0.1) is 0 Å². The van der Waals surface area contributed by atoms with Crippen molar-refractivity contribution in [3.63, 3.8) is 0 Å². The molecule has 0 fully saturated rings. The van der Waals surface area contributed by atoms with Gasteiger partial charge in [-0.05, 0) is 24.2 Å². The van der Waals surface area contributed by atoms with Crippen LogP contribution in [0.3, 0.4) is 0 Å². The van der Waals surface area contributed by atoms with Crippen molar-refractivity contribution in [3.05, 3.63) is 12.3 Å². The largest absolute Gasteiger partial charge is 0.355 e. The lowest BCUT2D eigenvalue weighted by Gasteiger charge is -2.19. The van der Waals surface area contributed by atoms with E-state index >= 15 is 0 Å². The van der Waals surface area contributed by atoms with E-state index in [-0.39, 0.29) is 0 Å². The fourth-order valence-electron chi connectivity index (χ4n) is 0.870. The summed E-state index contributed by atoms with van der Waals surface area (Å²) in [6, 6.07) is 0. The smallest absolute Gasteiger partial charge is 0.258 e. The van der Waals surface area contributed by atoms with Crippen molar-refractivity contribution in [2.45, 2.75) is 12.6 Å². The van der Waals surface area contributed by atoms with Gasteiger partial charge in [-0.15, -0.1) is 0 Å². The van der Waals surface area contributed by atoms with E-state index in [9.17, 15) is 4.79 Å². The lowest BCUT2D eigenvalue weighted by Crippen LogP contribution is -2.41. The Morgan fingerprint density at radius 3 is 2.90 bits per heavy atom.